The Balaban J connectivity index is 1.57. The summed E-state index contributed by atoms with van der Waals surface area (Å²) in [6.07, 6.45) is 0. The van der Waals surface area contributed by atoms with E-state index in [0.29, 0.717) is 47.9 Å². The molecule has 8 nitrogen and oxygen atoms in total. The van der Waals surface area contributed by atoms with Gasteiger partial charge >= 0.3 is 0 Å². The summed E-state index contributed by atoms with van der Waals surface area (Å²) in [5.74, 6) is -0.386. The molecule has 0 atom stereocenters. The lowest BCUT2D eigenvalue weighted by Crippen LogP contribution is -2.37. The Labute approximate surface area is 165 Å². The van der Waals surface area contributed by atoms with Gasteiger partial charge in [0.25, 0.3) is 5.56 Å². The standard InChI is InChI=1S/C19H18ClN5O3/c20-14-5-3-7-16(18(14)24-8-10-28-11-9-24)21-17(26)12-25-19(27)13-4-1-2-6-15(13)22-23-25/h1-7H,8-12H2,(H,21,26). The van der Waals surface area contributed by atoms with Crippen LogP contribution in [-0.2, 0) is 16.1 Å². The molecule has 144 valence electrons. The van der Waals surface area contributed by atoms with E-state index in [1.54, 1.807) is 42.5 Å². The van der Waals surface area contributed by atoms with E-state index < -0.39 is 0 Å². The maximum absolute atomic E-state index is 12.6. The SMILES string of the molecule is O=C(Cn1nnc2ccccc2c1=O)Nc1cccc(Cl)c1N1CCOCC1. The van der Waals surface area contributed by atoms with Crippen molar-refractivity contribution in [3.8, 4) is 0 Å². The molecule has 1 fully saturated rings. The number of morpholine rings is 1. The van der Waals surface area contributed by atoms with Gasteiger partial charge in [-0.2, -0.15) is 0 Å². The minimum Gasteiger partial charge on any atom is -0.378 e. The van der Waals surface area contributed by atoms with Crippen LogP contribution in [0.3, 0.4) is 0 Å². The zero-order chi connectivity index (χ0) is 19.5. The number of hydrogen-bond donors (Lipinski definition) is 1. The van der Waals surface area contributed by atoms with Gasteiger partial charge in [-0.3, -0.25) is 9.59 Å². The zero-order valence-corrected chi connectivity index (χ0v) is 15.7. The number of para-hydroxylation sites is 1. The first-order valence-corrected chi connectivity index (χ1v) is 9.25. The molecule has 0 bridgehead atoms. The molecule has 1 aromatic heterocycles. The van der Waals surface area contributed by atoms with Crippen LogP contribution < -0.4 is 15.8 Å². The minimum absolute atomic E-state index is 0.244. The highest BCUT2D eigenvalue weighted by atomic mass is 35.5. The average molecular weight is 400 g/mol. The number of nitrogens with one attached hydrogen (secondary N) is 1. The molecule has 0 radical (unpaired) electrons. The molecule has 3 aromatic rings. The third-order valence-corrected chi connectivity index (χ3v) is 4.82. The molecule has 9 heteroatoms. The highest BCUT2D eigenvalue weighted by Gasteiger charge is 2.19. The van der Waals surface area contributed by atoms with E-state index in [-0.39, 0.29) is 18.0 Å². The minimum atomic E-state index is -0.386. The van der Waals surface area contributed by atoms with Crippen molar-refractivity contribution < 1.29 is 9.53 Å². The molecule has 0 spiro atoms. The van der Waals surface area contributed by atoms with Crippen LogP contribution in [0.1, 0.15) is 0 Å². The molecule has 2 aromatic carbocycles. The Kier molecular flexibility index (Phi) is 5.23. The summed E-state index contributed by atoms with van der Waals surface area (Å²) in [6.45, 7) is 2.32. The number of carbonyl (C=O) groups excluding carboxylic acids is 1. The normalized spacial score (nSPS) is 14.2. The number of halogens is 1. The number of benzene rings is 2. The van der Waals surface area contributed by atoms with Crippen LogP contribution >= 0.6 is 11.6 Å². The predicted octanol–water partition coefficient (Wildman–Crippen LogP) is 1.92. The highest BCUT2D eigenvalue weighted by Crippen LogP contribution is 2.34. The van der Waals surface area contributed by atoms with Gasteiger partial charge in [0.1, 0.15) is 12.1 Å². The van der Waals surface area contributed by atoms with Crippen molar-refractivity contribution in [2.45, 2.75) is 6.54 Å². The van der Waals surface area contributed by atoms with E-state index in [1.807, 2.05) is 0 Å². The molecule has 0 saturated carbocycles. The molecular weight excluding hydrogens is 382 g/mol. The lowest BCUT2D eigenvalue weighted by atomic mass is 10.2. The summed E-state index contributed by atoms with van der Waals surface area (Å²) in [4.78, 5) is 27.2. The summed E-state index contributed by atoms with van der Waals surface area (Å²) in [6, 6.07) is 12.2. The summed E-state index contributed by atoms with van der Waals surface area (Å²) in [5, 5.41) is 11.7. The topological polar surface area (TPSA) is 89.3 Å². The fraction of sp³-hybridized carbons (Fsp3) is 0.263. The number of rotatable bonds is 4. The molecule has 0 aliphatic carbocycles. The van der Waals surface area contributed by atoms with Gasteiger partial charge in [0.2, 0.25) is 5.91 Å². The van der Waals surface area contributed by atoms with E-state index >= 15 is 0 Å². The first kappa shape index (κ1) is 18.4. The zero-order valence-electron chi connectivity index (χ0n) is 15.0. The van der Waals surface area contributed by atoms with Crippen molar-refractivity contribution >= 4 is 39.8 Å². The first-order valence-electron chi connectivity index (χ1n) is 8.87. The fourth-order valence-corrected chi connectivity index (χ4v) is 3.47. The number of nitrogens with zero attached hydrogens (tertiary/aromatic N) is 4. The molecule has 2 heterocycles. The molecular formula is C19H18ClN5O3. The van der Waals surface area contributed by atoms with Crippen molar-refractivity contribution in [3.63, 3.8) is 0 Å². The molecule has 1 amide bonds. The molecule has 4 rings (SSSR count). The van der Waals surface area contributed by atoms with Crippen LogP contribution in [0.5, 0.6) is 0 Å². The largest absolute Gasteiger partial charge is 0.378 e. The maximum atomic E-state index is 12.6. The van der Waals surface area contributed by atoms with Crippen molar-refractivity contribution in [3.05, 3.63) is 57.8 Å². The quantitative estimate of drug-likeness (QED) is 0.721. The number of aromatic nitrogens is 3. The molecule has 0 unspecified atom stereocenters. The van der Waals surface area contributed by atoms with Crippen LogP contribution in [-0.4, -0.2) is 47.2 Å². The Hall–Kier alpha value is -2.97. The number of ether oxygens (including phenoxy) is 1. The molecule has 28 heavy (non-hydrogen) atoms. The van der Waals surface area contributed by atoms with Crippen LogP contribution in [0.15, 0.2) is 47.3 Å². The Morgan fingerprint density at radius 3 is 2.75 bits per heavy atom. The second-order valence-corrected chi connectivity index (χ2v) is 6.76. The van der Waals surface area contributed by atoms with Gasteiger partial charge in [0.05, 0.1) is 35.0 Å². The van der Waals surface area contributed by atoms with E-state index in [2.05, 4.69) is 20.5 Å². The summed E-state index contributed by atoms with van der Waals surface area (Å²) < 4.78 is 6.44. The first-order chi connectivity index (χ1) is 13.6. The fourth-order valence-electron chi connectivity index (χ4n) is 3.18. The molecule has 1 aliphatic rings. The third kappa shape index (κ3) is 3.69. The van der Waals surface area contributed by atoms with Crippen LogP contribution in [0.4, 0.5) is 11.4 Å². The van der Waals surface area contributed by atoms with Gasteiger partial charge < -0.3 is 15.0 Å². The van der Waals surface area contributed by atoms with Crippen LogP contribution in [0.25, 0.3) is 10.9 Å². The van der Waals surface area contributed by atoms with E-state index in [0.717, 1.165) is 10.4 Å². The lowest BCUT2D eigenvalue weighted by Gasteiger charge is -2.31. The van der Waals surface area contributed by atoms with Gasteiger partial charge in [-0.1, -0.05) is 35.0 Å². The van der Waals surface area contributed by atoms with Crippen molar-refractivity contribution in [2.75, 3.05) is 36.5 Å². The predicted molar refractivity (Wildman–Crippen MR) is 107 cm³/mol. The number of hydrogen-bond acceptors (Lipinski definition) is 6. The number of amides is 1. The number of carbonyl (C=O) groups is 1. The summed E-state index contributed by atoms with van der Waals surface area (Å²) in [5.41, 5.74) is 1.47. The van der Waals surface area contributed by atoms with Crippen LogP contribution in [0.2, 0.25) is 5.02 Å². The van der Waals surface area contributed by atoms with Crippen molar-refractivity contribution in [1.82, 2.24) is 15.0 Å². The van der Waals surface area contributed by atoms with E-state index in [9.17, 15) is 9.59 Å². The van der Waals surface area contributed by atoms with Gasteiger partial charge in [-0.15, -0.1) is 5.10 Å². The van der Waals surface area contributed by atoms with Gasteiger partial charge in [-0.05, 0) is 24.3 Å². The van der Waals surface area contributed by atoms with Crippen LogP contribution in [0, 0.1) is 0 Å². The monoisotopic (exact) mass is 399 g/mol. The molecule has 1 aliphatic heterocycles. The second kappa shape index (κ2) is 7.95. The Morgan fingerprint density at radius 2 is 1.93 bits per heavy atom. The van der Waals surface area contributed by atoms with Gasteiger partial charge in [0, 0.05) is 13.1 Å². The highest BCUT2D eigenvalue weighted by molar-refractivity contribution is 6.34. The Bertz CT molecular complexity index is 1080. The Morgan fingerprint density at radius 1 is 1.14 bits per heavy atom. The average Bonchev–Trinajstić information content (AvgIpc) is 2.71. The van der Waals surface area contributed by atoms with E-state index in [4.69, 9.17) is 16.3 Å². The summed E-state index contributed by atoms with van der Waals surface area (Å²) >= 11 is 6.39. The second-order valence-electron chi connectivity index (χ2n) is 6.35. The lowest BCUT2D eigenvalue weighted by molar-refractivity contribution is -0.117. The maximum Gasteiger partial charge on any atom is 0.278 e. The number of anilines is 2. The van der Waals surface area contributed by atoms with Gasteiger partial charge in [0.15, 0.2) is 0 Å². The van der Waals surface area contributed by atoms with Crippen molar-refractivity contribution in [2.24, 2.45) is 0 Å². The summed E-state index contributed by atoms with van der Waals surface area (Å²) in [7, 11) is 0. The number of fused-ring (bicyclic) bond motifs is 1. The smallest absolute Gasteiger partial charge is 0.278 e. The molecule has 1 saturated heterocycles. The van der Waals surface area contributed by atoms with Gasteiger partial charge in [-0.25, -0.2) is 4.68 Å². The third-order valence-electron chi connectivity index (χ3n) is 4.51. The van der Waals surface area contributed by atoms with Crippen molar-refractivity contribution in [1.29, 1.82) is 0 Å². The van der Waals surface area contributed by atoms with E-state index in [1.165, 1.54) is 0 Å². The molecule has 1 N–H and O–H groups in total.